The normalized spacial score (nSPS) is 20.3. The molecule has 0 saturated carbocycles. The van der Waals surface area contributed by atoms with Crippen LogP contribution < -0.4 is 10.0 Å². The van der Waals surface area contributed by atoms with Gasteiger partial charge in [-0.1, -0.05) is 29.3 Å². The van der Waals surface area contributed by atoms with Crippen molar-refractivity contribution in [2.24, 2.45) is 0 Å². The Balaban J connectivity index is 1.31. The summed E-state index contributed by atoms with van der Waals surface area (Å²) in [5.74, 6) is -0.925. The largest absolute Gasteiger partial charge is 0.350 e. The van der Waals surface area contributed by atoms with Gasteiger partial charge >= 0.3 is 0 Å². The van der Waals surface area contributed by atoms with Gasteiger partial charge in [0.2, 0.25) is 21.8 Å². The van der Waals surface area contributed by atoms with Gasteiger partial charge in [0.1, 0.15) is 6.04 Å². The summed E-state index contributed by atoms with van der Waals surface area (Å²) < 4.78 is 28.1. The molecule has 3 amide bonds. The molecule has 0 spiro atoms. The molecule has 0 radical (unpaired) electrons. The lowest BCUT2D eigenvalue weighted by Gasteiger charge is -2.34. The van der Waals surface area contributed by atoms with Gasteiger partial charge in [0, 0.05) is 46.5 Å². The molecule has 0 unspecified atom stereocenters. The fourth-order valence-electron chi connectivity index (χ4n) is 4.59. The fraction of sp³-hybridized carbons (Fsp3) is 0.400. The quantitative estimate of drug-likeness (QED) is 0.459. The summed E-state index contributed by atoms with van der Waals surface area (Å²) in [6.07, 6.45) is 3.87. The van der Waals surface area contributed by atoms with Crippen LogP contribution in [0.3, 0.4) is 0 Å². The molecule has 3 heterocycles. The van der Waals surface area contributed by atoms with Gasteiger partial charge in [-0.15, -0.1) is 11.3 Å². The minimum Gasteiger partial charge on any atom is -0.350 e. The first kappa shape index (κ1) is 28.6. The van der Waals surface area contributed by atoms with Crippen molar-refractivity contribution in [2.75, 3.05) is 26.2 Å². The third kappa shape index (κ3) is 7.57. The maximum absolute atomic E-state index is 13.1. The van der Waals surface area contributed by atoms with Crippen molar-refractivity contribution < 1.29 is 22.8 Å². The van der Waals surface area contributed by atoms with Crippen LogP contribution in [0, 0.1) is 0 Å². The number of piperidine rings is 1. The fourth-order valence-corrected chi connectivity index (χ4v) is 6.85. The minimum atomic E-state index is -3.88. The van der Waals surface area contributed by atoms with Crippen LogP contribution in [0.4, 0.5) is 0 Å². The Labute approximate surface area is 235 Å². The average Bonchev–Trinajstić information content (AvgIpc) is 3.52. The van der Waals surface area contributed by atoms with E-state index in [2.05, 4.69) is 10.0 Å². The van der Waals surface area contributed by atoms with Gasteiger partial charge < -0.3 is 15.1 Å². The number of carbonyl (C=O) groups is 3. The second kappa shape index (κ2) is 12.6. The van der Waals surface area contributed by atoms with E-state index in [0.717, 1.165) is 18.2 Å². The number of benzene rings is 1. The number of rotatable bonds is 9. The third-order valence-electron chi connectivity index (χ3n) is 6.45. The van der Waals surface area contributed by atoms with Crippen LogP contribution in [0.2, 0.25) is 9.36 Å². The molecule has 9 nitrogen and oxygen atoms in total. The number of hydrogen-bond acceptors (Lipinski definition) is 6. The van der Waals surface area contributed by atoms with Crippen molar-refractivity contribution in [2.45, 2.75) is 37.8 Å². The number of likely N-dealkylation sites (tertiary alicyclic amines) is 2. The number of nitrogens with zero attached hydrogens (tertiary/aromatic N) is 2. The molecule has 4 rings (SSSR count). The summed E-state index contributed by atoms with van der Waals surface area (Å²) in [5.41, 5.74) is 0.440. The SMILES string of the molecule is O=C(NC[C@H]1CCCN1C(=O)CN1CCC[C@H](NS(=O)(=O)/C=C/c2ccc(Cl)s2)C1=O)c1cccc(Cl)c1. The molecule has 2 aromatic rings. The van der Waals surface area contributed by atoms with Crippen molar-refractivity contribution in [1.82, 2.24) is 19.8 Å². The molecule has 2 atom stereocenters. The van der Waals surface area contributed by atoms with Gasteiger partial charge in [-0.2, -0.15) is 4.72 Å². The molecule has 13 heteroatoms. The molecule has 2 aliphatic rings. The highest BCUT2D eigenvalue weighted by atomic mass is 35.5. The van der Waals surface area contributed by atoms with Crippen molar-refractivity contribution in [1.29, 1.82) is 0 Å². The lowest BCUT2D eigenvalue weighted by molar-refractivity contribution is -0.143. The second-order valence-electron chi connectivity index (χ2n) is 9.17. The van der Waals surface area contributed by atoms with Gasteiger partial charge in [0.25, 0.3) is 5.91 Å². The van der Waals surface area contributed by atoms with Crippen molar-refractivity contribution in [3.63, 3.8) is 0 Å². The number of carbonyl (C=O) groups excluding carboxylic acids is 3. The monoisotopic (exact) mass is 598 g/mol. The van der Waals surface area contributed by atoms with E-state index in [1.807, 2.05) is 0 Å². The minimum absolute atomic E-state index is 0.140. The zero-order valence-electron chi connectivity index (χ0n) is 20.4. The zero-order valence-corrected chi connectivity index (χ0v) is 23.6. The van der Waals surface area contributed by atoms with Gasteiger partial charge in [-0.05, 0) is 62.1 Å². The van der Waals surface area contributed by atoms with E-state index in [1.165, 1.54) is 22.3 Å². The first-order valence-corrected chi connectivity index (χ1v) is 15.3. The molecule has 38 heavy (non-hydrogen) atoms. The summed E-state index contributed by atoms with van der Waals surface area (Å²) in [5, 5.41) is 4.34. The number of thiophene rings is 1. The summed E-state index contributed by atoms with van der Waals surface area (Å²) in [4.78, 5) is 42.4. The molecular weight excluding hydrogens is 571 g/mol. The van der Waals surface area contributed by atoms with Gasteiger partial charge in [0.05, 0.1) is 10.9 Å². The maximum atomic E-state index is 13.1. The zero-order chi connectivity index (χ0) is 27.3. The summed E-state index contributed by atoms with van der Waals surface area (Å²) >= 11 is 13.1. The molecule has 2 aliphatic heterocycles. The molecule has 2 fully saturated rings. The van der Waals surface area contributed by atoms with Crippen LogP contribution in [0.25, 0.3) is 6.08 Å². The van der Waals surface area contributed by atoms with E-state index in [-0.39, 0.29) is 30.9 Å². The van der Waals surface area contributed by atoms with Crippen molar-refractivity contribution in [3.05, 3.63) is 61.6 Å². The van der Waals surface area contributed by atoms with Crippen LogP contribution in [-0.4, -0.2) is 74.2 Å². The number of halogens is 2. The first-order chi connectivity index (χ1) is 18.1. The van der Waals surface area contributed by atoms with E-state index >= 15 is 0 Å². The summed E-state index contributed by atoms with van der Waals surface area (Å²) in [7, 11) is -3.88. The highest BCUT2D eigenvalue weighted by Gasteiger charge is 2.35. The van der Waals surface area contributed by atoms with Gasteiger partial charge in [-0.25, -0.2) is 8.42 Å². The van der Waals surface area contributed by atoms with Gasteiger partial charge in [-0.3, -0.25) is 14.4 Å². The Morgan fingerprint density at radius 1 is 1.11 bits per heavy atom. The van der Waals surface area contributed by atoms with E-state index in [4.69, 9.17) is 23.2 Å². The second-order valence-corrected chi connectivity index (χ2v) is 12.9. The van der Waals surface area contributed by atoms with Crippen LogP contribution in [-0.2, 0) is 19.6 Å². The molecule has 0 aliphatic carbocycles. The lowest BCUT2D eigenvalue weighted by Crippen LogP contribution is -2.55. The lowest BCUT2D eigenvalue weighted by atomic mass is 10.1. The standard InChI is InChI=1S/C25H28Cl2N4O5S2/c26-18-5-1-4-17(14-18)24(33)28-15-19-6-2-12-31(19)23(32)16-30-11-3-7-21(25(30)34)29-38(35,36)13-10-20-8-9-22(27)37-20/h1,4-5,8-10,13-14,19,21,29H,2-3,6-7,11-12,15-16H2,(H,28,33)/b13-10+/t19-,21+/m1/s1. The Morgan fingerprint density at radius 3 is 2.63 bits per heavy atom. The van der Waals surface area contributed by atoms with Crippen LogP contribution in [0.5, 0.6) is 0 Å². The average molecular weight is 600 g/mol. The molecule has 2 saturated heterocycles. The Hall–Kier alpha value is -2.44. The predicted molar refractivity (Wildman–Crippen MR) is 149 cm³/mol. The number of sulfonamides is 1. The third-order valence-corrected chi connectivity index (χ3v) is 8.99. The number of hydrogen-bond donors (Lipinski definition) is 2. The maximum Gasteiger partial charge on any atom is 0.251 e. The Kier molecular flexibility index (Phi) is 9.48. The molecule has 1 aromatic carbocycles. The summed E-state index contributed by atoms with van der Waals surface area (Å²) in [6.45, 7) is 1.05. The Morgan fingerprint density at radius 2 is 1.89 bits per heavy atom. The van der Waals surface area contributed by atoms with Crippen molar-refractivity contribution in [3.8, 4) is 0 Å². The first-order valence-electron chi connectivity index (χ1n) is 12.2. The Bertz CT molecular complexity index is 1330. The van der Waals surface area contributed by atoms with Crippen LogP contribution >= 0.6 is 34.5 Å². The molecular formula is C25H28Cl2N4O5S2. The highest BCUT2D eigenvalue weighted by Crippen LogP contribution is 2.23. The van der Waals surface area contributed by atoms with E-state index in [9.17, 15) is 22.8 Å². The molecule has 1 aromatic heterocycles. The topological polar surface area (TPSA) is 116 Å². The summed E-state index contributed by atoms with van der Waals surface area (Å²) in [6, 6.07) is 8.87. The molecule has 0 bridgehead atoms. The molecule has 204 valence electrons. The highest BCUT2D eigenvalue weighted by molar-refractivity contribution is 7.92. The predicted octanol–water partition coefficient (Wildman–Crippen LogP) is 3.36. The van der Waals surface area contributed by atoms with Gasteiger partial charge in [0.15, 0.2) is 0 Å². The van der Waals surface area contributed by atoms with E-state index in [0.29, 0.717) is 45.7 Å². The van der Waals surface area contributed by atoms with E-state index in [1.54, 1.807) is 41.3 Å². The van der Waals surface area contributed by atoms with Crippen molar-refractivity contribution >= 4 is 68.4 Å². The molecule has 2 N–H and O–H groups in total. The van der Waals surface area contributed by atoms with Crippen LogP contribution in [0.1, 0.15) is 40.9 Å². The van der Waals surface area contributed by atoms with E-state index < -0.39 is 22.0 Å². The van der Waals surface area contributed by atoms with Crippen LogP contribution in [0.15, 0.2) is 41.8 Å². The number of amides is 3. The smallest absolute Gasteiger partial charge is 0.251 e. The number of nitrogens with one attached hydrogen (secondary N) is 2.